The Kier molecular flexibility index (Phi) is 3.98. The Morgan fingerprint density at radius 1 is 0.850 bits per heavy atom. The van der Waals surface area contributed by atoms with Gasteiger partial charge >= 0.3 is 0 Å². The second kappa shape index (κ2) is 5.69. The lowest BCUT2D eigenvalue weighted by Gasteiger charge is -2.03. The van der Waals surface area contributed by atoms with Crippen LogP contribution in [0.3, 0.4) is 0 Å². The SMILES string of the molecule is O=C/C(=C\c1ccc(F)c(F)c1F)c1ccc(F)cc1. The molecular weight excluding hydrogens is 272 g/mol. The molecule has 2 rings (SSSR count). The summed E-state index contributed by atoms with van der Waals surface area (Å²) < 4.78 is 52.2. The summed E-state index contributed by atoms with van der Waals surface area (Å²) in [5, 5.41) is 0. The number of rotatable bonds is 3. The summed E-state index contributed by atoms with van der Waals surface area (Å²) in [4.78, 5) is 11.0. The Morgan fingerprint density at radius 3 is 2.10 bits per heavy atom. The van der Waals surface area contributed by atoms with Crippen LogP contribution in [0.25, 0.3) is 11.6 Å². The van der Waals surface area contributed by atoms with Crippen molar-refractivity contribution in [2.75, 3.05) is 0 Å². The van der Waals surface area contributed by atoms with Crippen molar-refractivity contribution in [1.82, 2.24) is 0 Å². The van der Waals surface area contributed by atoms with Crippen molar-refractivity contribution in [2.45, 2.75) is 0 Å². The summed E-state index contributed by atoms with van der Waals surface area (Å²) in [6.07, 6.45) is 1.49. The van der Waals surface area contributed by atoms with Crippen LogP contribution in [0.15, 0.2) is 36.4 Å². The molecule has 0 unspecified atom stereocenters. The first-order valence-corrected chi connectivity index (χ1v) is 5.59. The van der Waals surface area contributed by atoms with Gasteiger partial charge in [-0.15, -0.1) is 0 Å². The normalized spacial score (nSPS) is 11.5. The molecule has 0 saturated heterocycles. The first-order chi connectivity index (χ1) is 9.52. The topological polar surface area (TPSA) is 17.1 Å². The van der Waals surface area contributed by atoms with Crippen LogP contribution in [-0.4, -0.2) is 6.29 Å². The average molecular weight is 280 g/mol. The van der Waals surface area contributed by atoms with E-state index in [1.807, 2.05) is 0 Å². The molecule has 0 heterocycles. The maximum atomic E-state index is 13.5. The van der Waals surface area contributed by atoms with Crippen molar-refractivity contribution in [3.8, 4) is 0 Å². The number of halogens is 4. The molecule has 0 aliphatic carbocycles. The zero-order chi connectivity index (χ0) is 14.7. The fourth-order valence-electron chi connectivity index (χ4n) is 1.65. The van der Waals surface area contributed by atoms with Crippen molar-refractivity contribution in [3.63, 3.8) is 0 Å². The lowest BCUT2D eigenvalue weighted by molar-refractivity contribution is -0.103. The minimum Gasteiger partial charge on any atom is -0.298 e. The van der Waals surface area contributed by atoms with Crippen LogP contribution in [0.5, 0.6) is 0 Å². The fourth-order valence-corrected chi connectivity index (χ4v) is 1.65. The number of hydrogen-bond acceptors (Lipinski definition) is 1. The van der Waals surface area contributed by atoms with Crippen molar-refractivity contribution in [2.24, 2.45) is 0 Å². The molecule has 0 aromatic heterocycles. The lowest BCUT2D eigenvalue weighted by atomic mass is 10.0. The van der Waals surface area contributed by atoms with Crippen molar-refractivity contribution in [3.05, 3.63) is 70.8 Å². The second-order valence-electron chi connectivity index (χ2n) is 3.99. The van der Waals surface area contributed by atoms with Gasteiger partial charge in [0.2, 0.25) is 0 Å². The van der Waals surface area contributed by atoms with E-state index in [1.54, 1.807) is 0 Å². The summed E-state index contributed by atoms with van der Waals surface area (Å²) in [7, 11) is 0. The van der Waals surface area contributed by atoms with E-state index in [9.17, 15) is 22.4 Å². The summed E-state index contributed by atoms with van der Waals surface area (Å²) in [6.45, 7) is 0. The van der Waals surface area contributed by atoms with Crippen molar-refractivity contribution < 1.29 is 22.4 Å². The molecule has 0 radical (unpaired) electrons. The van der Waals surface area contributed by atoms with Crippen LogP contribution in [0.4, 0.5) is 17.6 Å². The van der Waals surface area contributed by atoms with Gasteiger partial charge in [0.1, 0.15) is 5.82 Å². The Morgan fingerprint density at radius 2 is 1.50 bits per heavy atom. The first-order valence-electron chi connectivity index (χ1n) is 5.59. The number of carbonyl (C=O) groups excluding carboxylic acids is 1. The highest BCUT2D eigenvalue weighted by Crippen LogP contribution is 2.21. The summed E-state index contributed by atoms with van der Waals surface area (Å²) in [6, 6.07) is 6.70. The molecule has 2 aromatic carbocycles. The second-order valence-corrected chi connectivity index (χ2v) is 3.99. The predicted octanol–water partition coefficient (Wildman–Crippen LogP) is 3.98. The van der Waals surface area contributed by atoms with Gasteiger partial charge < -0.3 is 0 Å². The molecule has 0 N–H and O–H groups in total. The van der Waals surface area contributed by atoms with E-state index in [-0.39, 0.29) is 11.1 Å². The van der Waals surface area contributed by atoms with Gasteiger partial charge in [0.25, 0.3) is 0 Å². The third-order valence-electron chi connectivity index (χ3n) is 2.68. The summed E-state index contributed by atoms with van der Waals surface area (Å²) in [5.74, 6) is -4.79. The number of carbonyl (C=O) groups is 1. The Bertz CT molecular complexity index is 675. The standard InChI is InChI=1S/C15H8F4O/c16-12-4-1-9(2-5-12)11(8-20)7-10-3-6-13(17)15(19)14(10)18/h1-8H/b11-7+. The number of allylic oxidation sites excluding steroid dienone is 1. The van der Waals surface area contributed by atoms with E-state index in [1.165, 1.54) is 12.1 Å². The van der Waals surface area contributed by atoms with Gasteiger partial charge in [-0.1, -0.05) is 12.1 Å². The van der Waals surface area contributed by atoms with Crippen LogP contribution in [0, 0.1) is 23.3 Å². The number of hydrogen-bond donors (Lipinski definition) is 0. The Labute approximate surface area is 112 Å². The molecule has 102 valence electrons. The fraction of sp³-hybridized carbons (Fsp3) is 0. The smallest absolute Gasteiger partial charge is 0.195 e. The molecule has 1 nitrogen and oxygen atoms in total. The summed E-state index contributed by atoms with van der Waals surface area (Å²) >= 11 is 0. The highest BCUT2D eigenvalue weighted by Gasteiger charge is 2.12. The number of aldehydes is 1. The Balaban J connectivity index is 2.49. The molecule has 5 heteroatoms. The van der Waals surface area contributed by atoms with Gasteiger partial charge in [-0.05, 0) is 35.9 Å². The third kappa shape index (κ3) is 2.77. The van der Waals surface area contributed by atoms with E-state index in [4.69, 9.17) is 0 Å². The highest BCUT2D eigenvalue weighted by atomic mass is 19.2. The van der Waals surface area contributed by atoms with E-state index >= 15 is 0 Å². The minimum absolute atomic E-state index is 0.0231. The van der Waals surface area contributed by atoms with Crippen molar-refractivity contribution in [1.29, 1.82) is 0 Å². The molecule has 0 aliphatic heterocycles. The molecule has 0 saturated carbocycles. The van der Waals surface area contributed by atoms with E-state index < -0.39 is 23.3 Å². The molecule has 2 aromatic rings. The lowest BCUT2D eigenvalue weighted by Crippen LogP contribution is -1.95. The molecular formula is C15H8F4O. The molecule has 0 atom stereocenters. The van der Waals surface area contributed by atoms with Crippen LogP contribution in [0.1, 0.15) is 11.1 Å². The average Bonchev–Trinajstić information content (AvgIpc) is 2.45. The minimum atomic E-state index is -1.61. The third-order valence-corrected chi connectivity index (χ3v) is 2.68. The molecule has 0 amide bonds. The highest BCUT2D eigenvalue weighted by molar-refractivity contribution is 6.13. The zero-order valence-electron chi connectivity index (χ0n) is 10.0. The zero-order valence-corrected chi connectivity index (χ0v) is 10.0. The van der Waals surface area contributed by atoms with Crippen molar-refractivity contribution >= 4 is 17.9 Å². The van der Waals surface area contributed by atoms with Crippen LogP contribution in [0.2, 0.25) is 0 Å². The van der Waals surface area contributed by atoms with E-state index in [2.05, 4.69) is 0 Å². The molecule has 0 fully saturated rings. The van der Waals surface area contributed by atoms with Gasteiger partial charge in [0.15, 0.2) is 23.7 Å². The molecule has 20 heavy (non-hydrogen) atoms. The maximum Gasteiger partial charge on any atom is 0.195 e. The van der Waals surface area contributed by atoms with Gasteiger partial charge in [-0.25, -0.2) is 17.6 Å². The molecule has 0 aliphatic rings. The first kappa shape index (κ1) is 14.0. The largest absolute Gasteiger partial charge is 0.298 e. The van der Waals surface area contributed by atoms with Crippen LogP contribution in [-0.2, 0) is 4.79 Å². The van der Waals surface area contributed by atoms with Gasteiger partial charge in [-0.3, -0.25) is 4.79 Å². The molecule has 0 spiro atoms. The summed E-state index contributed by atoms with van der Waals surface area (Å²) in [5.41, 5.74) is 0.0933. The van der Waals surface area contributed by atoms with Crippen LogP contribution < -0.4 is 0 Å². The van der Waals surface area contributed by atoms with E-state index in [0.29, 0.717) is 11.8 Å². The number of benzene rings is 2. The molecule has 0 bridgehead atoms. The van der Waals surface area contributed by atoms with Gasteiger partial charge in [-0.2, -0.15) is 0 Å². The van der Waals surface area contributed by atoms with Gasteiger partial charge in [0, 0.05) is 11.1 Å². The Hall–Kier alpha value is -2.43. The maximum absolute atomic E-state index is 13.5. The quantitative estimate of drug-likeness (QED) is 0.273. The predicted molar refractivity (Wildman–Crippen MR) is 66.7 cm³/mol. The van der Waals surface area contributed by atoms with E-state index in [0.717, 1.165) is 30.3 Å². The van der Waals surface area contributed by atoms with Gasteiger partial charge in [0.05, 0.1) is 0 Å². The van der Waals surface area contributed by atoms with Crippen LogP contribution >= 0.6 is 0 Å². The monoisotopic (exact) mass is 280 g/mol.